The number of halogens is 1. The Labute approximate surface area is 108 Å². The van der Waals surface area contributed by atoms with Crippen molar-refractivity contribution in [2.24, 2.45) is 5.92 Å². The third-order valence-electron chi connectivity index (χ3n) is 3.40. The summed E-state index contributed by atoms with van der Waals surface area (Å²) in [5.74, 6) is 2.83. The molecule has 0 radical (unpaired) electrons. The van der Waals surface area contributed by atoms with E-state index in [1.165, 1.54) is 19.3 Å². The maximum absolute atomic E-state index is 6.14. The van der Waals surface area contributed by atoms with Crippen LogP contribution in [0, 0.1) is 12.8 Å². The highest BCUT2D eigenvalue weighted by Crippen LogP contribution is 2.28. The zero-order chi connectivity index (χ0) is 12.4. The second kappa shape index (κ2) is 5.21. The van der Waals surface area contributed by atoms with Crippen molar-refractivity contribution >= 4 is 17.4 Å². The van der Waals surface area contributed by atoms with Gasteiger partial charge in [-0.2, -0.15) is 0 Å². The normalized spacial score (nSPS) is 16.1. The fourth-order valence-electron chi connectivity index (χ4n) is 1.87. The van der Waals surface area contributed by atoms with Crippen molar-refractivity contribution in [2.75, 3.05) is 11.9 Å². The average Bonchev–Trinajstić information content (AvgIpc) is 2.21. The van der Waals surface area contributed by atoms with E-state index in [0.717, 1.165) is 29.7 Å². The first-order valence-electron chi connectivity index (χ1n) is 6.36. The van der Waals surface area contributed by atoms with Gasteiger partial charge in [0.1, 0.15) is 16.8 Å². The van der Waals surface area contributed by atoms with Crippen LogP contribution in [-0.4, -0.2) is 16.5 Å². The first kappa shape index (κ1) is 12.6. The molecule has 0 spiro atoms. The molecule has 0 unspecified atom stereocenters. The first-order chi connectivity index (χ1) is 8.08. The Morgan fingerprint density at radius 3 is 2.59 bits per heavy atom. The summed E-state index contributed by atoms with van der Waals surface area (Å²) >= 11 is 6.14. The van der Waals surface area contributed by atoms with E-state index < -0.39 is 0 Å². The highest BCUT2D eigenvalue weighted by Gasteiger charge is 2.18. The number of hydrogen-bond donors (Lipinski definition) is 1. The van der Waals surface area contributed by atoms with Gasteiger partial charge in [0.2, 0.25) is 0 Å². The van der Waals surface area contributed by atoms with Gasteiger partial charge in [-0.05, 0) is 25.7 Å². The Balaban J connectivity index is 2.12. The molecule has 1 aromatic rings. The molecular weight excluding hydrogens is 234 g/mol. The molecule has 17 heavy (non-hydrogen) atoms. The van der Waals surface area contributed by atoms with Gasteiger partial charge in [0.05, 0.1) is 0 Å². The number of rotatable bonds is 4. The largest absolute Gasteiger partial charge is 0.369 e. The SMILES string of the molecule is Cc1c(Cl)nc(C(C)C)nc1NCC1CCC1. The van der Waals surface area contributed by atoms with E-state index in [0.29, 0.717) is 11.1 Å². The molecule has 0 amide bonds. The van der Waals surface area contributed by atoms with E-state index in [1.54, 1.807) is 0 Å². The smallest absolute Gasteiger partial charge is 0.137 e. The highest BCUT2D eigenvalue weighted by atomic mass is 35.5. The summed E-state index contributed by atoms with van der Waals surface area (Å²) in [7, 11) is 0. The predicted octanol–water partition coefficient (Wildman–Crippen LogP) is 3.77. The third-order valence-corrected chi connectivity index (χ3v) is 3.77. The monoisotopic (exact) mass is 253 g/mol. The van der Waals surface area contributed by atoms with Gasteiger partial charge < -0.3 is 5.32 Å². The second-order valence-corrected chi connectivity index (χ2v) is 5.54. The van der Waals surface area contributed by atoms with Crippen LogP contribution in [0.3, 0.4) is 0 Å². The Bertz CT molecular complexity index is 400. The van der Waals surface area contributed by atoms with Gasteiger partial charge in [-0.1, -0.05) is 31.9 Å². The molecule has 2 rings (SSSR count). The summed E-state index contributed by atoms with van der Waals surface area (Å²) in [5.41, 5.74) is 0.954. The Kier molecular flexibility index (Phi) is 3.87. The third kappa shape index (κ3) is 2.89. The zero-order valence-corrected chi connectivity index (χ0v) is 11.5. The van der Waals surface area contributed by atoms with E-state index in [9.17, 15) is 0 Å². The van der Waals surface area contributed by atoms with Gasteiger partial charge >= 0.3 is 0 Å². The van der Waals surface area contributed by atoms with Crippen LogP contribution >= 0.6 is 11.6 Å². The van der Waals surface area contributed by atoms with Crippen LogP contribution in [0.25, 0.3) is 0 Å². The summed E-state index contributed by atoms with van der Waals surface area (Å²) in [5, 5.41) is 3.98. The van der Waals surface area contributed by atoms with Crippen LogP contribution in [0.1, 0.15) is 50.4 Å². The molecule has 1 fully saturated rings. The number of hydrogen-bond acceptors (Lipinski definition) is 3. The summed E-state index contributed by atoms with van der Waals surface area (Å²) in [4.78, 5) is 8.86. The van der Waals surface area contributed by atoms with Crippen LogP contribution < -0.4 is 5.32 Å². The molecule has 0 aromatic carbocycles. The fraction of sp³-hybridized carbons (Fsp3) is 0.692. The topological polar surface area (TPSA) is 37.8 Å². The van der Waals surface area contributed by atoms with E-state index in [4.69, 9.17) is 11.6 Å². The molecule has 1 aromatic heterocycles. The molecule has 0 atom stereocenters. The van der Waals surface area contributed by atoms with Crippen LogP contribution in [0.2, 0.25) is 5.15 Å². The van der Waals surface area contributed by atoms with Crippen LogP contribution in [0.15, 0.2) is 0 Å². The molecule has 1 aliphatic rings. The maximum Gasteiger partial charge on any atom is 0.137 e. The van der Waals surface area contributed by atoms with Crippen LogP contribution in [0.4, 0.5) is 5.82 Å². The minimum absolute atomic E-state index is 0.303. The quantitative estimate of drug-likeness (QED) is 0.830. The van der Waals surface area contributed by atoms with Crippen LogP contribution in [-0.2, 0) is 0 Å². The first-order valence-corrected chi connectivity index (χ1v) is 6.73. The van der Waals surface area contributed by atoms with E-state index in [1.807, 2.05) is 6.92 Å². The number of aromatic nitrogens is 2. The summed E-state index contributed by atoms with van der Waals surface area (Å²) in [6.45, 7) is 7.13. The van der Waals surface area contributed by atoms with Crippen molar-refractivity contribution in [1.82, 2.24) is 9.97 Å². The molecule has 3 nitrogen and oxygen atoms in total. The van der Waals surface area contributed by atoms with Crippen molar-refractivity contribution < 1.29 is 0 Å². The second-order valence-electron chi connectivity index (χ2n) is 5.18. The molecular formula is C13H20ClN3. The van der Waals surface area contributed by atoms with Crippen molar-refractivity contribution in [1.29, 1.82) is 0 Å². The van der Waals surface area contributed by atoms with Crippen molar-refractivity contribution in [3.8, 4) is 0 Å². The van der Waals surface area contributed by atoms with E-state index in [2.05, 4.69) is 29.1 Å². The van der Waals surface area contributed by atoms with E-state index in [-0.39, 0.29) is 0 Å². The van der Waals surface area contributed by atoms with Crippen LogP contribution in [0.5, 0.6) is 0 Å². The highest BCUT2D eigenvalue weighted by molar-refractivity contribution is 6.30. The lowest BCUT2D eigenvalue weighted by molar-refractivity contribution is 0.333. The fourth-order valence-corrected chi connectivity index (χ4v) is 2.05. The number of anilines is 1. The predicted molar refractivity (Wildman–Crippen MR) is 71.7 cm³/mol. The molecule has 1 heterocycles. The van der Waals surface area contributed by atoms with Crippen molar-refractivity contribution in [2.45, 2.75) is 46.0 Å². The van der Waals surface area contributed by atoms with Gasteiger partial charge in [-0.25, -0.2) is 9.97 Å². The molecule has 1 saturated carbocycles. The lowest BCUT2D eigenvalue weighted by atomic mass is 9.85. The zero-order valence-electron chi connectivity index (χ0n) is 10.8. The van der Waals surface area contributed by atoms with E-state index >= 15 is 0 Å². The molecule has 0 saturated heterocycles. The minimum Gasteiger partial charge on any atom is -0.369 e. The molecule has 0 bridgehead atoms. The minimum atomic E-state index is 0.303. The van der Waals surface area contributed by atoms with Gasteiger partial charge in [0.25, 0.3) is 0 Å². The standard InChI is InChI=1S/C13H20ClN3/c1-8(2)12-16-11(14)9(3)13(17-12)15-7-10-5-4-6-10/h8,10H,4-7H2,1-3H3,(H,15,16,17). The lowest BCUT2D eigenvalue weighted by Crippen LogP contribution is -2.22. The molecule has 4 heteroatoms. The van der Waals surface area contributed by atoms with Gasteiger partial charge in [0.15, 0.2) is 0 Å². The van der Waals surface area contributed by atoms with Gasteiger partial charge in [0, 0.05) is 18.0 Å². The van der Waals surface area contributed by atoms with Crippen molar-refractivity contribution in [3.63, 3.8) is 0 Å². The maximum atomic E-state index is 6.14. The molecule has 1 N–H and O–H groups in total. The average molecular weight is 254 g/mol. The Morgan fingerprint density at radius 2 is 2.06 bits per heavy atom. The molecule has 0 aliphatic heterocycles. The molecule has 1 aliphatic carbocycles. The molecule has 94 valence electrons. The summed E-state index contributed by atoms with van der Waals surface area (Å²) < 4.78 is 0. The van der Waals surface area contributed by atoms with Gasteiger partial charge in [-0.15, -0.1) is 0 Å². The Morgan fingerprint density at radius 1 is 1.35 bits per heavy atom. The van der Waals surface area contributed by atoms with Crippen molar-refractivity contribution in [3.05, 3.63) is 16.5 Å². The number of nitrogens with one attached hydrogen (secondary N) is 1. The summed E-state index contributed by atoms with van der Waals surface area (Å²) in [6, 6.07) is 0. The van der Waals surface area contributed by atoms with Gasteiger partial charge in [-0.3, -0.25) is 0 Å². The summed E-state index contributed by atoms with van der Waals surface area (Å²) in [6.07, 6.45) is 4.04. The number of nitrogens with zero attached hydrogens (tertiary/aromatic N) is 2. The lowest BCUT2D eigenvalue weighted by Gasteiger charge is -2.26. The Hall–Kier alpha value is -0.830.